The fourth-order valence-corrected chi connectivity index (χ4v) is 3.86. The number of phenolic OH excluding ortho intramolecular Hbond substituents is 1. The molecule has 0 unspecified atom stereocenters. The van der Waals surface area contributed by atoms with Crippen molar-refractivity contribution in [3.8, 4) is 22.8 Å². The second-order valence-corrected chi connectivity index (χ2v) is 8.22. The lowest BCUT2D eigenvalue weighted by Gasteiger charge is -2.23. The number of rotatable bonds is 7. The molecular weight excluding hydrogens is 488 g/mol. The molecule has 0 aliphatic heterocycles. The number of benzene rings is 3. The van der Waals surface area contributed by atoms with Gasteiger partial charge in [0, 0.05) is 27.9 Å². The molecule has 0 radical (unpaired) electrons. The standard InChI is InChI=1S/C25H22N4O4S.ClH/c1-33-21-12-8-19(9-13-21)29(24(32)17-4-10-20(30)11-5-17)14-23(31)27-18-6-2-16(3-7-18)22-15-34-25(26)28-22;/h2-13,15,30H,14H2,1H3,(H2,26,28)(H,27,31);1H. The molecule has 0 spiro atoms. The van der Waals surface area contributed by atoms with Gasteiger partial charge in [-0.2, -0.15) is 0 Å². The van der Waals surface area contributed by atoms with E-state index in [2.05, 4.69) is 10.3 Å². The summed E-state index contributed by atoms with van der Waals surface area (Å²) in [5.41, 5.74) is 8.81. The molecule has 35 heavy (non-hydrogen) atoms. The van der Waals surface area contributed by atoms with E-state index in [9.17, 15) is 14.7 Å². The first kappa shape index (κ1) is 25.5. The van der Waals surface area contributed by atoms with Crippen molar-refractivity contribution >= 4 is 52.1 Å². The Kier molecular flexibility index (Phi) is 8.30. The van der Waals surface area contributed by atoms with Crippen LogP contribution in [0.5, 0.6) is 11.5 Å². The van der Waals surface area contributed by atoms with Crippen LogP contribution < -0.4 is 20.7 Å². The van der Waals surface area contributed by atoms with Gasteiger partial charge in [0.05, 0.1) is 12.8 Å². The second-order valence-electron chi connectivity index (χ2n) is 7.33. The predicted molar refractivity (Wildman–Crippen MR) is 141 cm³/mol. The number of aromatic nitrogens is 1. The maximum atomic E-state index is 13.2. The summed E-state index contributed by atoms with van der Waals surface area (Å²) in [4.78, 5) is 31.7. The molecule has 4 N–H and O–H groups in total. The SMILES string of the molecule is COc1ccc(N(CC(=O)Nc2ccc(-c3csc(N)n3)cc2)C(=O)c2ccc(O)cc2)cc1.Cl. The van der Waals surface area contributed by atoms with Gasteiger partial charge in [0.2, 0.25) is 5.91 Å². The molecule has 4 aromatic rings. The number of hydrogen-bond donors (Lipinski definition) is 3. The number of thiazole rings is 1. The summed E-state index contributed by atoms with van der Waals surface area (Å²) < 4.78 is 5.19. The number of nitrogens with zero attached hydrogens (tertiary/aromatic N) is 2. The summed E-state index contributed by atoms with van der Waals surface area (Å²) in [5, 5.41) is 14.7. The minimum Gasteiger partial charge on any atom is -0.508 e. The van der Waals surface area contributed by atoms with Crippen molar-refractivity contribution in [3.63, 3.8) is 0 Å². The van der Waals surface area contributed by atoms with E-state index in [-0.39, 0.29) is 36.5 Å². The third-order valence-electron chi connectivity index (χ3n) is 5.03. The zero-order valence-electron chi connectivity index (χ0n) is 18.7. The number of phenols is 1. The van der Waals surface area contributed by atoms with E-state index in [4.69, 9.17) is 10.5 Å². The summed E-state index contributed by atoms with van der Waals surface area (Å²) in [6, 6.07) is 19.9. The van der Waals surface area contributed by atoms with Gasteiger partial charge in [0.25, 0.3) is 5.91 Å². The maximum absolute atomic E-state index is 13.2. The van der Waals surface area contributed by atoms with Crippen molar-refractivity contribution in [2.75, 3.05) is 29.6 Å². The Morgan fingerprint density at radius 2 is 1.69 bits per heavy atom. The average Bonchev–Trinajstić information content (AvgIpc) is 3.29. The highest BCUT2D eigenvalue weighted by Gasteiger charge is 2.21. The van der Waals surface area contributed by atoms with Gasteiger partial charge in [-0.25, -0.2) is 4.98 Å². The zero-order valence-corrected chi connectivity index (χ0v) is 20.3. The van der Waals surface area contributed by atoms with E-state index in [0.29, 0.717) is 27.8 Å². The maximum Gasteiger partial charge on any atom is 0.258 e. The van der Waals surface area contributed by atoms with Crippen LogP contribution in [0.15, 0.2) is 78.2 Å². The van der Waals surface area contributed by atoms with Crippen LogP contribution in [0.4, 0.5) is 16.5 Å². The van der Waals surface area contributed by atoms with E-state index >= 15 is 0 Å². The number of hydrogen-bond acceptors (Lipinski definition) is 7. The minimum atomic E-state index is -0.378. The number of halogens is 1. The van der Waals surface area contributed by atoms with Crippen LogP contribution in [-0.2, 0) is 4.79 Å². The molecule has 0 bridgehead atoms. The van der Waals surface area contributed by atoms with Crippen LogP contribution in [-0.4, -0.2) is 35.6 Å². The molecule has 0 fully saturated rings. The number of methoxy groups -OCH3 is 1. The summed E-state index contributed by atoms with van der Waals surface area (Å²) in [6.45, 7) is -0.212. The van der Waals surface area contributed by atoms with Gasteiger partial charge in [-0.15, -0.1) is 23.7 Å². The summed E-state index contributed by atoms with van der Waals surface area (Å²) in [7, 11) is 1.55. The van der Waals surface area contributed by atoms with Gasteiger partial charge >= 0.3 is 0 Å². The summed E-state index contributed by atoms with van der Waals surface area (Å²) in [6.07, 6.45) is 0. The molecule has 0 atom stereocenters. The van der Waals surface area contributed by atoms with Crippen molar-refractivity contribution < 1.29 is 19.4 Å². The quantitative estimate of drug-likeness (QED) is 0.328. The molecule has 8 nitrogen and oxygen atoms in total. The predicted octanol–water partition coefficient (Wildman–Crippen LogP) is 4.81. The number of amides is 2. The van der Waals surface area contributed by atoms with E-state index in [1.807, 2.05) is 17.5 Å². The van der Waals surface area contributed by atoms with E-state index in [0.717, 1.165) is 11.3 Å². The van der Waals surface area contributed by atoms with Crippen molar-refractivity contribution in [2.45, 2.75) is 0 Å². The topological polar surface area (TPSA) is 118 Å². The van der Waals surface area contributed by atoms with Gasteiger partial charge in [-0.3, -0.25) is 14.5 Å². The minimum absolute atomic E-state index is 0. The zero-order chi connectivity index (χ0) is 24.1. The number of carbonyl (C=O) groups excluding carboxylic acids is 2. The van der Waals surface area contributed by atoms with Crippen molar-refractivity contribution in [2.24, 2.45) is 0 Å². The van der Waals surface area contributed by atoms with E-state index in [1.54, 1.807) is 43.5 Å². The lowest BCUT2D eigenvalue weighted by atomic mass is 10.1. The van der Waals surface area contributed by atoms with Crippen molar-refractivity contribution in [3.05, 3.63) is 83.7 Å². The van der Waals surface area contributed by atoms with E-state index < -0.39 is 0 Å². The monoisotopic (exact) mass is 510 g/mol. The van der Waals surface area contributed by atoms with Crippen LogP contribution in [0, 0.1) is 0 Å². The Morgan fingerprint density at radius 3 is 2.26 bits per heavy atom. The Bertz CT molecular complexity index is 1290. The van der Waals surface area contributed by atoms with Crippen molar-refractivity contribution in [1.82, 2.24) is 4.98 Å². The Morgan fingerprint density at radius 1 is 1.03 bits per heavy atom. The molecule has 1 aromatic heterocycles. The molecule has 0 aliphatic rings. The third-order valence-corrected chi connectivity index (χ3v) is 5.71. The van der Waals surface area contributed by atoms with Crippen LogP contribution in [0.1, 0.15) is 10.4 Å². The fourth-order valence-electron chi connectivity index (χ4n) is 3.29. The number of nitrogen functional groups attached to an aromatic ring is 1. The Labute approximate surface area is 212 Å². The van der Waals surface area contributed by atoms with Crippen LogP contribution in [0.3, 0.4) is 0 Å². The highest BCUT2D eigenvalue weighted by Crippen LogP contribution is 2.25. The molecule has 0 aliphatic carbocycles. The van der Waals surface area contributed by atoms with Crippen molar-refractivity contribution in [1.29, 1.82) is 0 Å². The highest BCUT2D eigenvalue weighted by atomic mass is 35.5. The molecular formula is C25H23ClN4O4S. The van der Waals surface area contributed by atoms with Crippen LogP contribution >= 0.6 is 23.7 Å². The van der Waals surface area contributed by atoms with Gasteiger partial charge in [0.1, 0.15) is 18.0 Å². The van der Waals surface area contributed by atoms with Gasteiger partial charge in [0.15, 0.2) is 5.13 Å². The summed E-state index contributed by atoms with van der Waals surface area (Å²) >= 11 is 1.36. The smallest absolute Gasteiger partial charge is 0.258 e. The number of carbonyl (C=O) groups is 2. The second kappa shape index (κ2) is 11.4. The van der Waals surface area contributed by atoms with Gasteiger partial charge < -0.3 is 20.9 Å². The number of anilines is 3. The number of nitrogens with one attached hydrogen (secondary N) is 1. The lowest BCUT2D eigenvalue weighted by Crippen LogP contribution is -2.38. The largest absolute Gasteiger partial charge is 0.508 e. The summed E-state index contributed by atoms with van der Waals surface area (Å²) in [5.74, 6) is -0.0633. The molecule has 0 saturated heterocycles. The number of aromatic hydroxyl groups is 1. The van der Waals surface area contributed by atoms with Crippen LogP contribution in [0.25, 0.3) is 11.3 Å². The molecule has 4 rings (SSSR count). The first-order valence-electron chi connectivity index (χ1n) is 10.3. The molecule has 2 amide bonds. The van der Waals surface area contributed by atoms with Crippen LogP contribution in [0.2, 0.25) is 0 Å². The first-order chi connectivity index (χ1) is 16.4. The molecule has 3 aromatic carbocycles. The van der Waals surface area contributed by atoms with E-state index in [1.165, 1.54) is 40.5 Å². The van der Waals surface area contributed by atoms with Gasteiger partial charge in [-0.05, 0) is 60.7 Å². The Hall–Kier alpha value is -4.08. The number of ether oxygens (including phenoxy) is 1. The first-order valence-corrected chi connectivity index (χ1v) is 11.2. The van der Waals surface area contributed by atoms with Gasteiger partial charge in [-0.1, -0.05) is 12.1 Å². The third kappa shape index (κ3) is 6.28. The normalized spacial score (nSPS) is 10.2. The fraction of sp³-hybridized carbons (Fsp3) is 0.0800. The molecule has 0 saturated carbocycles. The number of nitrogens with two attached hydrogens (primary N) is 1. The molecule has 10 heteroatoms. The Balaban J connectivity index is 0.00000342. The lowest BCUT2D eigenvalue weighted by molar-refractivity contribution is -0.114. The molecule has 1 heterocycles. The molecule has 180 valence electrons. The average molecular weight is 511 g/mol. The highest BCUT2D eigenvalue weighted by molar-refractivity contribution is 7.13.